The standard InChI is InChI=1S/C21H17Cl2NO4S/c1-27-21-11-15(13-24-29(25,26)18-5-3-2-4-6-18)7-10-20(21)28-14-16-8-9-17(22)12-19(16)23/h2-13H,14H2,1H3/b24-13-. The van der Waals surface area contributed by atoms with E-state index in [1.807, 2.05) is 0 Å². The van der Waals surface area contributed by atoms with Gasteiger partial charge in [-0.2, -0.15) is 12.8 Å². The van der Waals surface area contributed by atoms with E-state index in [4.69, 9.17) is 32.7 Å². The maximum atomic E-state index is 12.3. The number of nitrogens with zero attached hydrogens (tertiary/aromatic N) is 1. The van der Waals surface area contributed by atoms with E-state index in [2.05, 4.69) is 4.40 Å². The molecule has 29 heavy (non-hydrogen) atoms. The van der Waals surface area contributed by atoms with E-state index in [1.165, 1.54) is 25.5 Å². The van der Waals surface area contributed by atoms with E-state index in [0.717, 1.165) is 5.56 Å². The van der Waals surface area contributed by atoms with Crippen molar-refractivity contribution >= 4 is 39.4 Å². The Hall–Kier alpha value is -2.54. The highest BCUT2D eigenvalue weighted by Gasteiger charge is 2.11. The van der Waals surface area contributed by atoms with Crippen LogP contribution in [0.3, 0.4) is 0 Å². The Morgan fingerprint density at radius 3 is 2.41 bits per heavy atom. The molecule has 0 unspecified atom stereocenters. The van der Waals surface area contributed by atoms with Crippen LogP contribution >= 0.6 is 23.2 Å². The summed E-state index contributed by atoms with van der Waals surface area (Å²) in [5, 5.41) is 1.05. The average Bonchev–Trinajstić information content (AvgIpc) is 2.72. The summed E-state index contributed by atoms with van der Waals surface area (Å²) in [6, 6.07) is 18.2. The zero-order valence-electron chi connectivity index (χ0n) is 15.4. The fraction of sp³-hybridized carbons (Fsp3) is 0.0952. The first-order valence-corrected chi connectivity index (χ1v) is 10.7. The molecule has 0 spiro atoms. The molecule has 0 saturated heterocycles. The first kappa shape index (κ1) is 21.2. The monoisotopic (exact) mass is 449 g/mol. The highest BCUT2D eigenvalue weighted by Crippen LogP contribution is 2.30. The first-order valence-electron chi connectivity index (χ1n) is 8.49. The number of ether oxygens (including phenoxy) is 2. The molecular formula is C21H17Cl2NO4S. The van der Waals surface area contributed by atoms with Crippen LogP contribution in [-0.2, 0) is 16.6 Å². The van der Waals surface area contributed by atoms with Gasteiger partial charge in [-0.15, -0.1) is 0 Å². The van der Waals surface area contributed by atoms with E-state index in [9.17, 15) is 8.42 Å². The van der Waals surface area contributed by atoms with Crippen molar-refractivity contribution in [3.63, 3.8) is 0 Å². The Kier molecular flexibility index (Phi) is 6.79. The summed E-state index contributed by atoms with van der Waals surface area (Å²) >= 11 is 12.1. The number of benzene rings is 3. The van der Waals surface area contributed by atoms with Gasteiger partial charge in [0.2, 0.25) is 0 Å². The minimum absolute atomic E-state index is 0.128. The minimum atomic E-state index is -3.77. The third-order valence-corrected chi connectivity index (χ3v) is 5.81. The van der Waals surface area contributed by atoms with Crippen molar-refractivity contribution in [2.75, 3.05) is 7.11 Å². The molecule has 5 nitrogen and oxygen atoms in total. The lowest BCUT2D eigenvalue weighted by Gasteiger charge is -2.12. The molecule has 0 aliphatic rings. The molecule has 0 heterocycles. The summed E-state index contributed by atoms with van der Waals surface area (Å²) in [6.45, 7) is 0.224. The van der Waals surface area contributed by atoms with Crippen molar-refractivity contribution in [2.45, 2.75) is 11.5 Å². The van der Waals surface area contributed by atoms with Crippen LogP contribution < -0.4 is 9.47 Å². The number of halogens is 2. The van der Waals surface area contributed by atoms with Gasteiger partial charge in [-0.05, 0) is 48.0 Å². The molecule has 0 aliphatic carbocycles. The fourth-order valence-corrected chi connectivity index (χ4v) is 3.81. The van der Waals surface area contributed by atoms with Gasteiger partial charge in [0.25, 0.3) is 10.0 Å². The number of hydrogen-bond acceptors (Lipinski definition) is 4. The van der Waals surface area contributed by atoms with E-state index >= 15 is 0 Å². The summed E-state index contributed by atoms with van der Waals surface area (Å²) in [4.78, 5) is 0.128. The molecule has 8 heteroatoms. The summed E-state index contributed by atoms with van der Waals surface area (Å²) in [5.74, 6) is 0.928. The molecule has 150 valence electrons. The number of sulfonamides is 1. The highest BCUT2D eigenvalue weighted by atomic mass is 35.5. The van der Waals surface area contributed by atoms with Gasteiger partial charge in [0, 0.05) is 21.8 Å². The smallest absolute Gasteiger partial charge is 0.282 e. The lowest BCUT2D eigenvalue weighted by Crippen LogP contribution is -2.00. The van der Waals surface area contributed by atoms with Crippen LogP contribution in [0.2, 0.25) is 10.0 Å². The second kappa shape index (κ2) is 9.31. The zero-order chi connectivity index (χ0) is 20.9. The fourth-order valence-electron chi connectivity index (χ4n) is 2.46. The van der Waals surface area contributed by atoms with Crippen LogP contribution in [0.15, 0.2) is 76.0 Å². The van der Waals surface area contributed by atoms with Gasteiger partial charge in [-0.1, -0.05) is 47.5 Å². The Balaban J connectivity index is 1.76. The van der Waals surface area contributed by atoms with Crippen molar-refractivity contribution in [1.82, 2.24) is 0 Å². The number of methoxy groups -OCH3 is 1. The molecule has 0 aliphatic heterocycles. The Labute approximate surface area is 179 Å². The van der Waals surface area contributed by atoms with E-state index < -0.39 is 10.0 Å². The Bertz CT molecular complexity index is 1130. The van der Waals surface area contributed by atoms with Crippen molar-refractivity contribution in [3.8, 4) is 11.5 Å². The van der Waals surface area contributed by atoms with Gasteiger partial charge in [0.15, 0.2) is 11.5 Å². The third-order valence-electron chi connectivity index (χ3n) is 3.97. The lowest BCUT2D eigenvalue weighted by atomic mass is 10.2. The summed E-state index contributed by atoms with van der Waals surface area (Å²) in [6.07, 6.45) is 1.27. The number of hydrogen-bond donors (Lipinski definition) is 0. The van der Waals surface area contributed by atoms with Crippen LogP contribution in [0.1, 0.15) is 11.1 Å². The van der Waals surface area contributed by atoms with Gasteiger partial charge in [0.1, 0.15) is 6.61 Å². The molecule has 0 amide bonds. The lowest BCUT2D eigenvalue weighted by molar-refractivity contribution is 0.284. The second-order valence-electron chi connectivity index (χ2n) is 5.96. The van der Waals surface area contributed by atoms with Crippen molar-refractivity contribution in [1.29, 1.82) is 0 Å². The second-order valence-corrected chi connectivity index (χ2v) is 8.43. The molecule has 3 aromatic carbocycles. The number of rotatable bonds is 7. The molecule has 3 rings (SSSR count). The molecule has 3 aromatic rings. The first-order chi connectivity index (χ1) is 13.9. The van der Waals surface area contributed by atoms with Crippen LogP contribution in [0, 0.1) is 0 Å². The molecule has 0 atom stereocenters. The van der Waals surface area contributed by atoms with Gasteiger partial charge in [-0.25, -0.2) is 0 Å². The van der Waals surface area contributed by atoms with Crippen molar-refractivity contribution in [2.24, 2.45) is 4.40 Å². The van der Waals surface area contributed by atoms with Crippen LogP contribution in [0.4, 0.5) is 0 Å². The maximum Gasteiger partial charge on any atom is 0.282 e. The van der Waals surface area contributed by atoms with E-state index in [-0.39, 0.29) is 11.5 Å². The van der Waals surface area contributed by atoms with Gasteiger partial charge in [0.05, 0.1) is 12.0 Å². The Morgan fingerprint density at radius 2 is 1.72 bits per heavy atom. The zero-order valence-corrected chi connectivity index (χ0v) is 17.7. The van der Waals surface area contributed by atoms with Crippen LogP contribution in [0.25, 0.3) is 0 Å². The molecular weight excluding hydrogens is 433 g/mol. The van der Waals surface area contributed by atoms with Crippen molar-refractivity contribution < 1.29 is 17.9 Å². The van der Waals surface area contributed by atoms with E-state index in [1.54, 1.807) is 54.6 Å². The van der Waals surface area contributed by atoms with Gasteiger partial charge < -0.3 is 9.47 Å². The molecule has 0 aromatic heterocycles. The molecule has 0 N–H and O–H groups in total. The minimum Gasteiger partial charge on any atom is -0.493 e. The van der Waals surface area contributed by atoms with Crippen LogP contribution in [-0.4, -0.2) is 21.7 Å². The van der Waals surface area contributed by atoms with Gasteiger partial charge in [-0.3, -0.25) is 0 Å². The highest BCUT2D eigenvalue weighted by molar-refractivity contribution is 7.90. The summed E-state index contributed by atoms with van der Waals surface area (Å²) in [5.41, 5.74) is 1.33. The molecule has 0 saturated carbocycles. The molecule has 0 radical (unpaired) electrons. The largest absolute Gasteiger partial charge is 0.493 e. The summed E-state index contributed by atoms with van der Waals surface area (Å²) < 4.78 is 39.4. The SMILES string of the molecule is COc1cc(/C=N\S(=O)(=O)c2ccccc2)ccc1OCc1ccc(Cl)cc1Cl. The predicted octanol–water partition coefficient (Wildman–Crippen LogP) is 5.39. The normalized spacial score (nSPS) is 11.6. The maximum absolute atomic E-state index is 12.3. The molecule has 0 bridgehead atoms. The average molecular weight is 450 g/mol. The predicted molar refractivity (Wildman–Crippen MR) is 115 cm³/mol. The third kappa shape index (κ3) is 5.50. The molecule has 0 fully saturated rings. The van der Waals surface area contributed by atoms with Crippen molar-refractivity contribution in [3.05, 3.63) is 87.9 Å². The van der Waals surface area contributed by atoms with E-state index in [0.29, 0.717) is 27.1 Å². The quantitative estimate of drug-likeness (QED) is 0.453. The topological polar surface area (TPSA) is 65.0 Å². The Morgan fingerprint density at radius 1 is 0.966 bits per heavy atom. The summed E-state index contributed by atoms with van der Waals surface area (Å²) in [7, 11) is -2.27. The van der Waals surface area contributed by atoms with Crippen LogP contribution in [0.5, 0.6) is 11.5 Å². The van der Waals surface area contributed by atoms with Gasteiger partial charge >= 0.3 is 0 Å².